The first kappa shape index (κ1) is 22.7. The lowest BCUT2D eigenvalue weighted by Crippen LogP contribution is -2.35. The quantitative estimate of drug-likeness (QED) is 0.433. The lowest BCUT2D eigenvalue weighted by atomic mass is 10.2. The van der Waals surface area contributed by atoms with Gasteiger partial charge >= 0.3 is 0 Å². The van der Waals surface area contributed by atoms with E-state index in [0.29, 0.717) is 20.9 Å². The number of amides is 1. The van der Waals surface area contributed by atoms with Crippen molar-refractivity contribution in [3.8, 4) is 10.4 Å². The van der Waals surface area contributed by atoms with E-state index in [2.05, 4.69) is 15.2 Å². The lowest BCUT2D eigenvalue weighted by Gasteiger charge is -2.26. The highest BCUT2D eigenvalue weighted by atomic mass is 35.5. The number of aromatic nitrogens is 2. The summed E-state index contributed by atoms with van der Waals surface area (Å²) >= 11 is 7.33. The standard InChI is InChI=1S/C25H23ClN4O3S/c26-19-5-3-18(4-6-19)22-13-21-24(34-22)25(32)30(16-27-21)15-23(31)28-20-7-1-17(2-8-20)14-29-9-11-33-12-10-29/h1-8,13,16H,9-12,14-15H2,(H,28,31). The highest BCUT2D eigenvalue weighted by Crippen LogP contribution is 2.31. The van der Waals surface area contributed by atoms with Gasteiger partial charge in [0.15, 0.2) is 0 Å². The normalized spacial score (nSPS) is 14.4. The van der Waals surface area contributed by atoms with E-state index in [1.54, 1.807) is 0 Å². The van der Waals surface area contributed by atoms with Crippen LogP contribution in [0.3, 0.4) is 0 Å². The molecule has 5 rings (SSSR count). The number of hydrogen-bond donors (Lipinski definition) is 1. The second-order valence-electron chi connectivity index (χ2n) is 8.14. The minimum atomic E-state index is -0.279. The number of carbonyl (C=O) groups is 1. The van der Waals surface area contributed by atoms with Gasteiger partial charge in [-0.2, -0.15) is 0 Å². The van der Waals surface area contributed by atoms with Crippen molar-refractivity contribution in [3.05, 3.63) is 81.9 Å². The van der Waals surface area contributed by atoms with Crippen LogP contribution < -0.4 is 10.9 Å². The van der Waals surface area contributed by atoms with Crippen molar-refractivity contribution >= 4 is 44.7 Å². The maximum atomic E-state index is 13.0. The number of nitrogens with one attached hydrogen (secondary N) is 1. The Morgan fingerprint density at radius 1 is 1.09 bits per heavy atom. The van der Waals surface area contributed by atoms with Gasteiger partial charge < -0.3 is 10.1 Å². The summed E-state index contributed by atoms with van der Waals surface area (Å²) in [6, 6.07) is 17.1. The van der Waals surface area contributed by atoms with Gasteiger partial charge in [0.1, 0.15) is 11.2 Å². The molecule has 0 aliphatic carbocycles. The van der Waals surface area contributed by atoms with E-state index in [-0.39, 0.29) is 18.0 Å². The fraction of sp³-hybridized carbons (Fsp3) is 0.240. The number of thiophene rings is 1. The molecule has 1 N–H and O–H groups in total. The van der Waals surface area contributed by atoms with Crippen LogP contribution >= 0.6 is 22.9 Å². The van der Waals surface area contributed by atoms with Crippen molar-refractivity contribution in [1.82, 2.24) is 14.5 Å². The summed E-state index contributed by atoms with van der Waals surface area (Å²) in [5, 5.41) is 3.52. The summed E-state index contributed by atoms with van der Waals surface area (Å²) in [6.07, 6.45) is 1.42. The summed E-state index contributed by atoms with van der Waals surface area (Å²) in [5.41, 5.74) is 3.23. The third-order valence-corrected chi connectivity index (χ3v) is 7.11. The third-order valence-electron chi connectivity index (χ3n) is 5.69. The molecule has 0 saturated carbocycles. The Hall–Kier alpha value is -3.04. The fourth-order valence-corrected chi connectivity index (χ4v) is 5.07. The van der Waals surface area contributed by atoms with Crippen LogP contribution in [0, 0.1) is 0 Å². The van der Waals surface area contributed by atoms with Crippen LogP contribution in [0.25, 0.3) is 20.7 Å². The highest BCUT2D eigenvalue weighted by Gasteiger charge is 2.14. The van der Waals surface area contributed by atoms with E-state index in [1.807, 2.05) is 54.6 Å². The number of halogens is 1. The van der Waals surface area contributed by atoms with E-state index < -0.39 is 0 Å². The third kappa shape index (κ3) is 5.20. The Kier molecular flexibility index (Phi) is 6.73. The molecule has 2 aromatic heterocycles. The number of ether oxygens (including phenoxy) is 1. The molecule has 0 spiro atoms. The van der Waals surface area contributed by atoms with Crippen LogP contribution in [0.5, 0.6) is 0 Å². The number of nitrogens with zero attached hydrogens (tertiary/aromatic N) is 3. The van der Waals surface area contributed by atoms with Gasteiger partial charge in [0, 0.05) is 35.2 Å². The van der Waals surface area contributed by atoms with Crippen molar-refractivity contribution in [2.24, 2.45) is 0 Å². The van der Waals surface area contributed by atoms with Crippen molar-refractivity contribution in [3.63, 3.8) is 0 Å². The van der Waals surface area contributed by atoms with Gasteiger partial charge in [-0.25, -0.2) is 4.98 Å². The monoisotopic (exact) mass is 494 g/mol. The van der Waals surface area contributed by atoms with Gasteiger partial charge in [-0.1, -0.05) is 35.9 Å². The summed E-state index contributed by atoms with van der Waals surface area (Å²) < 4.78 is 7.25. The van der Waals surface area contributed by atoms with E-state index in [9.17, 15) is 9.59 Å². The van der Waals surface area contributed by atoms with Crippen LogP contribution in [0.15, 0.2) is 65.7 Å². The smallest absolute Gasteiger partial charge is 0.271 e. The summed E-state index contributed by atoms with van der Waals surface area (Å²) in [5.74, 6) is -0.279. The number of carbonyl (C=O) groups excluding carboxylic acids is 1. The first-order valence-electron chi connectivity index (χ1n) is 11.0. The molecule has 1 amide bonds. The van der Waals surface area contributed by atoms with E-state index >= 15 is 0 Å². The predicted molar refractivity (Wildman–Crippen MR) is 135 cm³/mol. The largest absolute Gasteiger partial charge is 0.379 e. The molecular formula is C25H23ClN4O3S. The van der Waals surface area contributed by atoms with Gasteiger partial charge in [0.25, 0.3) is 5.56 Å². The lowest BCUT2D eigenvalue weighted by molar-refractivity contribution is -0.116. The minimum absolute atomic E-state index is 0.106. The van der Waals surface area contributed by atoms with E-state index in [1.165, 1.54) is 27.8 Å². The Bertz CT molecular complexity index is 1360. The zero-order valence-electron chi connectivity index (χ0n) is 18.4. The van der Waals surface area contributed by atoms with Crippen LogP contribution in [0.1, 0.15) is 5.56 Å². The molecule has 174 valence electrons. The molecule has 0 atom stereocenters. The number of benzene rings is 2. The van der Waals surface area contributed by atoms with Crippen LogP contribution in [-0.2, 0) is 22.6 Å². The minimum Gasteiger partial charge on any atom is -0.379 e. The Morgan fingerprint density at radius 3 is 2.56 bits per heavy atom. The van der Waals surface area contributed by atoms with Gasteiger partial charge in [-0.3, -0.25) is 19.1 Å². The average molecular weight is 495 g/mol. The number of morpholine rings is 1. The molecule has 1 aliphatic heterocycles. The van der Waals surface area contributed by atoms with Crippen LogP contribution in [0.2, 0.25) is 5.02 Å². The zero-order chi connectivity index (χ0) is 23.5. The molecule has 1 fully saturated rings. The molecule has 1 aliphatic rings. The zero-order valence-corrected chi connectivity index (χ0v) is 19.9. The van der Waals surface area contributed by atoms with Crippen molar-refractivity contribution in [1.29, 1.82) is 0 Å². The topological polar surface area (TPSA) is 76.5 Å². The summed E-state index contributed by atoms with van der Waals surface area (Å²) in [6.45, 7) is 4.14. The maximum Gasteiger partial charge on any atom is 0.271 e. The van der Waals surface area contributed by atoms with Gasteiger partial charge in [0.05, 0.1) is 25.1 Å². The maximum absolute atomic E-state index is 13.0. The number of hydrogen-bond acceptors (Lipinski definition) is 6. The van der Waals surface area contributed by atoms with Gasteiger partial charge in [0.2, 0.25) is 5.91 Å². The van der Waals surface area contributed by atoms with Crippen LogP contribution in [-0.4, -0.2) is 46.7 Å². The second-order valence-corrected chi connectivity index (χ2v) is 9.63. The predicted octanol–water partition coefficient (Wildman–Crippen LogP) is 4.25. The molecule has 3 heterocycles. The summed E-state index contributed by atoms with van der Waals surface area (Å²) in [4.78, 5) is 33.2. The van der Waals surface area contributed by atoms with Crippen molar-refractivity contribution in [2.75, 3.05) is 31.6 Å². The molecule has 7 nitrogen and oxygen atoms in total. The molecule has 9 heteroatoms. The van der Waals surface area contributed by atoms with Crippen molar-refractivity contribution in [2.45, 2.75) is 13.1 Å². The van der Waals surface area contributed by atoms with Gasteiger partial charge in [-0.15, -0.1) is 11.3 Å². The molecule has 4 aromatic rings. The first-order chi connectivity index (χ1) is 16.5. The van der Waals surface area contributed by atoms with Crippen LogP contribution in [0.4, 0.5) is 5.69 Å². The average Bonchev–Trinajstić information content (AvgIpc) is 3.29. The number of rotatable bonds is 6. The number of fused-ring (bicyclic) bond motifs is 1. The molecule has 0 unspecified atom stereocenters. The van der Waals surface area contributed by atoms with Gasteiger partial charge in [-0.05, 0) is 41.5 Å². The Labute approximate surface area is 205 Å². The Morgan fingerprint density at radius 2 is 1.82 bits per heavy atom. The van der Waals surface area contributed by atoms with E-state index in [0.717, 1.165) is 43.3 Å². The highest BCUT2D eigenvalue weighted by molar-refractivity contribution is 7.22. The SMILES string of the molecule is O=C(Cn1cnc2cc(-c3ccc(Cl)cc3)sc2c1=O)Nc1ccc(CN2CCOCC2)cc1. The molecule has 1 saturated heterocycles. The molecule has 0 radical (unpaired) electrons. The molecule has 34 heavy (non-hydrogen) atoms. The van der Waals surface area contributed by atoms with E-state index in [4.69, 9.17) is 16.3 Å². The molecular weight excluding hydrogens is 472 g/mol. The molecule has 2 aromatic carbocycles. The fourth-order valence-electron chi connectivity index (χ4n) is 3.88. The summed E-state index contributed by atoms with van der Waals surface area (Å²) in [7, 11) is 0. The Balaban J connectivity index is 1.25. The number of anilines is 1. The molecule has 0 bridgehead atoms. The second kappa shape index (κ2) is 10.1. The first-order valence-corrected chi connectivity index (χ1v) is 12.2. The van der Waals surface area contributed by atoms with Crippen molar-refractivity contribution < 1.29 is 9.53 Å².